The van der Waals surface area contributed by atoms with Crippen molar-refractivity contribution < 1.29 is 23.8 Å². The van der Waals surface area contributed by atoms with Gasteiger partial charge < -0.3 is 19.5 Å². The van der Waals surface area contributed by atoms with Gasteiger partial charge in [0.2, 0.25) is 5.91 Å². The average Bonchev–Trinajstić information content (AvgIpc) is 3.11. The zero-order valence-corrected chi connectivity index (χ0v) is 18.1. The molecular formula is C22H27NO5S. The molecule has 0 aliphatic carbocycles. The molecule has 1 aromatic carbocycles. The molecule has 0 unspecified atom stereocenters. The summed E-state index contributed by atoms with van der Waals surface area (Å²) in [6, 6.07) is 7.25. The van der Waals surface area contributed by atoms with Crippen LogP contribution in [-0.4, -0.2) is 31.7 Å². The van der Waals surface area contributed by atoms with Gasteiger partial charge in [0, 0.05) is 11.0 Å². The highest BCUT2D eigenvalue weighted by Crippen LogP contribution is 2.30. The van der Waals surface area contributed by atoms with E-state index in [9.17, 15) is 9.59 Å². The van der Waals surface area contributed by atoms with E-state index in [2.05, 4.69) is 5.32 Å². The van der Waals surface area contributed by atoms with Crippen molar-refractivity contribution in [1.29, 1.82) is 0 Å². The molecule has 0 fully saturated rings. The number of nitrogens with one attached hydrogen (secondary N) is 1. The van der Waals surface area contributed by atoms with Crippen molar-refractivity contribution in [3.05, 3.63) is 46.3 Å². The highest BCUT2D eigenvalue weighted by molar-refractivity contribution is 7.16. The number of anilines is 1. The van der Waals surface area contributed by atoms with Crippen LogP contribution in [0.4, 0.5) is 5.00 Å². The fourth-order valence-electron chi connectivity index (χ4n) is 2.57. The van der Waals surface area contributed by atoms with Crippen molar-refractivity contribution in [2.45, 2.75) is 34.1 Å². The van der Waals surface area contributed by atoms with Crippen molar-refractivity contribution in [3.63, 3.8) is 0 Å². The van der Waals surface area contributed by atoms with E-state index >= 15 is 0 Å². The number of rotatable bonds is 10. The Hall–Kier alpha value is -2.80. The quantitative estimate of drug-likeness (QED) is 0.438. The van der Waals surface area contributed by atoms with E-state index in [1.54, 1.807) is 19.1 Å². The molecule has 0 atom stereocenters. The highest BCUT2D eigenvalue weighted by atomic mass is 32.1. The van der Waals surface area contributed by atoms with Crippen molar-refractivity contribution in [2.75, 3.05) is 25.1 Å². The lowest BCUT2D eigenvalue weighted by atomic mass is 10.2. The Kier molecular flexibility index (Phi) is 8.73. The normalized spacial score (nSPS) is 10.8. The largest absolute Gasteiger partial charge is 0.490 e. The van der Waals surface area contributed by atoms with Crippen molar-refractivity contribution in [2.24, 2.45) is 0 Å². The first-order valence-corrected chi connectivity index (χ1v) is 10.5. The first kappa shape index (κ1) is 22.5. The molecule has 7 heteroatoms. The Labute approximate surface area is 175 Å². The number of carbonyl (C=O) groups excluding carboxylic acids is 2. The van der Waals surface area contributed by atoms with Gasteiger partial charge in [-0.05, 0) is 57.0 Å². The third-order valence-electron chi connectivity index (χ3n) is 3.86. The molecule has 6 nitrogen and oxygen atoms in total. The summed E-state index contributed by atoms with van der Waals surface area (Å²) in [5.41, 5.74) is 1.19. The summed E-state index contributed by atoms with van der Waals surface area (Å²) in [4.78, 5) is 25.5. The minimum absolute atomic E-state index is 0.281. The van der Waals surface area contributed by atoms with Crippen LogP contribution in [0, 0.1) is 0 Å². The Morgan fingerprint density at radius 3 is 2.38 bits per heavy atom. The SMILES string of the molecule is CCOC(=O)c1cc(CC)sc1NC(=O)/C=C/c1ccc(OCC)c(OCC)c1. The van der Waals surface area contributed by atoms with Crippen molar-refractivity contribution in [1.82, 2.24) is 0 Å². The lowest BCUT2D eigenvalue weighted by Crippen LogP contribution is -2.11. The molecule has 0 spiro atoms. The van der Waals surface area contributed by atoms with Gasteiger partial charge in [-0.15, -0.1) is 11.3 Å². The van der Waals surface area contributed by atoms with Gasteiger partial charge in [-0.1, -0.05) is 13.0 Å². The zero-order valence-electron chi connectivity index (χ0n) is 17.2. The summed E-state index contributed by atoms with van der Waals surface area (Å²) >= 11 is 1.38. The van der Waals surface area contributed by atoms with Crippen molar-refractivity contribution >= 4 is 34.3 Å². The maximum atomic E-state index is 12.4. The van der Waals surface area contributed by atoms with Crippen LogP contribution in [0.15, 0.2) is 30.3 Å². The molecule has 1 amide bonds. The molecule has 1 heterocycles. The lowest BCUT2D eigenvalue weighted by Gasteiger charge is -2.11. The number of carbonyl (C=O) groups is 2. The summed E-state index contributed by atoms with van der Waals surface area (Å²) < 4.78 is 16.2. The van der Waals surface area contributed by atoms with Gasteiger partial charge in [0.1, 0.15) is 5.00 Å². The molecule has 0 aliphatic rings. The molecule has 0 saturated carbocycles. The standard InChI is InChI=1S/C22H27NO5S/c1-5-16-14-17(22(25)28-8-4)21(29-16)23-20(24)12-10-15-9-11-18(26-6-2)19(13-15)27-7-3/h9-14H,5-8H2,1-4H3,(H,23,24)/b12-10+. The predicted octanol–water partition coefficient (Wildman–Crippen LogP) is 4.94. The van der Waals surface area contributed by atoms with Crippen LogP contribution in [-0.2, 0) is 16.0 Å². The summed E-state index contributed by atoms with van der Waals surface area (Å²) in [7, 11) is 0. The van der Waals surface area contributed by atoms with Gasteiger partial charge >= 0.3 is 5.97 Å². The maximum absolute atomic E-state index is 12.4. The number of thiophene rings is 1. The average molecular weight is 418 g/mol. The Balaban J connectivity index is 2.14. The monoisotopic (exact) mass is 417 g/mol. The van der Waals surface area contributed by atoms with E-state index in [0.717, 1.165) is 16.9 Å². The Morgan fingerprint density at radius 1 is 1.00 bits per heavy atom. The third kappa shape index (κ3) is 6.35. The number of hydrogen-bond acceptors (Lipinski definition) is 6. The number of amides is 1. The molecule has 0 bridgehead atoms. The van der Waals surface area contributed by atoms with Crippen LogP contribution in [0.25, 0.3) is 6.08 Å². The molecule has 0 radical (unpaired) electrons. The van der Waals surface area contributed by atoms with E-state index < -0.39 is 5.97 Å². The number of benzene rings is 1. The van der Waals surface area contributed by atoms with E-state index in [0.29, 0.717) is 35.3 Å². The van der Waals surface area contributed by atoms with E-state index in [4.69, 9.17) is 14.2 Å². The maximum Gasteiger partial charge on any atom is 0.341 e. The van der Waals surface area contributed by atoms with Gasteiger partial charge in [0.25, 0.3) is 0 Å². The molecule has 1 N–H and O–H groups in total. The smallest absolute Gasteiger partial charge is 0.341 e. The van der Waals surface area contributed by atoms with Crippen LogP contribution in [0.3, 0.4) is 0 Å². The molecule has 2 rings (SSSR count). The first-order chi connectivity index (χ1) is 14.0. The molecule has 29 heavy (non-hydrogen) atoms. The first-order valence-electron chi connectivity index (χ1n) is 9.70. The van der Waals surface area contributed by atoms with Gasteiger partial charge in [0.15, 0.2) is 11.5 Å². The van der Waals surface area contributed by atoms with Crippen LogP contribution in [0.5, 0.6) is 11.5 Å². The fraction of sp³-hybridized carbons (Fsp3) is 0.364. The Morgan fingerprint density at radius 2 is 1.72 bits per heavy atom. The summed E-state index contributed by atoms with van der Waals surface area (Å²) in [5, 5.41) is 3.28. The van der Waals surface area contributed by atoms with E-state index in [1.165, 1.54) is 17.4 Å². The van der Waals surface area contributed by atoms with Crippen LogP contribution >= 0.6 is 11.3 Å². The molecule has 0 saturated heterocycles. The summed E-state index contributed by atoms with van der Waals surface area (Å²) in [5.74, 6) is 0.538. The second kappa shape index (κ2) is 11.3. The van der Waals surface area contributed by atoms with E-state index in [-0.39, 0.29) is 12.5 Å². The highest BCUT2D eigenvalue weighted by Gasteiger charge is 2.18. The Bertz CT molecular complexity index is 872. The number of hydrogen-bond donors (Lipinski definition) is 1. The van der Waals surface area contributed by atoms with Gasteiger partial charge in [-0.25, -0.2) is 4.79 Å². The van der Waals surface area contributed by atoms with Crippen LogP contribution in [0.2, 0.25) is 0 Å². The minimum atomic E-state index is -0.435. The second-order valence-electron chi connectivity index (χ2n) is 5.92. The molecule has 1 aromatic heterocycles. The fourth-order valence-corrected chi connectivity index (χ4v) is 3.55. The van der Waals surface area contributed by atoms with Crippen molar-refractivity contribution in [3.8, 4) is 11.5 Å². The predicted molar refractivity (Wildman–Crippen MR) is 116 cm³/mol. The summed E-state index contributed by atoms with van der Waals surface area (Å²) in [6.07, 6.45) is 3.88. The number of esters is 1. The molecule has 2 aromatic rings. The molecular weight excluding hydrogens is 390 g/mol. The van der Waals surface area contributed by atoms with Gasteiger partial charge in [-0.2, -0.15) is 0 Å². The number of ether oxygens (including phenoxy) is 3. The second-order valence-corrected chi connectivity index (χ2v) is 7.06. The van der Waals surface area contributed by atoms with Crippen LogP contribution < -0.4 is 14.8 Å². The molecule has 0 aliphatic heterocycles. The van der Waals surface area contributed by atoms with Gasteiger partial charge in [-0.3, -0.25) is 4.79 Å². The molecule has 156 valence electrons. The minimum Gasteiger partial charge on any atom is -0.490 e. The summed E-state index contributed by atoms with van der Waals surface area (Å²) in [6.45, 7) is 8.89. The zero-order chi connectivity index (χ0) is 21.2. The van der Waals surface area contributed by atoms with Gasteiger partial charge in [0.05, 0.1) is 25.4 Å². The topological polar surface area (TPSA) is 73.9 Å². The van der Waals surface area contributed by atoms with Crippen LogP contribution in [0.1, 0.15) is 48.5 Å². The third-order valence-corrected chi connectivity index (χ3v) is 5.05. The van der Waals surface area contributed by atoms with E-state index in [1.807, 2.05) is 39.0 Å². The lowest BCUT2D eigenvalue weighted by molar-refractivity contribution is -0.111. The number of aryl methyl sites for hydroxylation is 1.